The van der Waals surface area contributed by atoms with Crippen LogP contribution in [0.5, 0.6) is 11.5 Å². The van der Waals surface area contributed by atoms with Crippen LogP contribution in [0.4, 0.5) is 14.4 Å². The molecule has 13 nitrogen and oxygen atoms in total. The molecular weight excluding hydrogens is 560 g/mol. The molecule has 2 saturated heterocycles. The highest BCUT2D eigenvalue weighted by atomic mass is 16.6. The van der Waals surface area contributed by atoms with E-state index in [4.69, 9.17) is 23.7 Å². The molecule has 2 aliphatic rings. The van der Waals surface area contributed by atoms with Crippen molar-refractivity contribution in [3.8, 4) is 11.5 Å². The van der Waals surface area contributed by atoms with Gasteiger partial charge in [0.1, 0.15) is 35.9 Å². The molecule has 0 radical (unpaired) electrons. The van der Waals surface area contributed by atoms with Crippen molar-refractivity contribution in [3.05, 3.63) is 59.7 Å². The Kier molecular flexibility index (Phi) is 9.84. The molecular formula is C30H38N4O9. The minimum Gasteiger partial charge on any atom is -0.497 e. The molecule has 2 heterocycles. The fourth-order valence-electron chi connectivity index (χ4n) is 4.79. The topological polar surface area (TPSA) is 145 Å². The summed E-state index contributed by atoms with van der Waals surface area (Å²) < 4.78 is 26.8. The third-order valence-corrected chi connectivity index (χ3v) is 6.89. The monoisotopic (exact) mass is 598 g/mol. The zero-order chi connectivity index (χ0) is 31.1. The van der Waals surface area contributed by atoms with Crippen molar-refractivity contribution in [2.45, 2.75) is 57.7 Å². The van der Waals surface area contributed by atoms with Crippen molar-refractivity contribution in [3.63, 3.8) is 0 Å². The van der Waals surface area contributed by atoms with Crippen molar-refractivity contribution in [1.82, 2.24) is 20.4 Å². The molecule has 0 bridgehead atoms. The molecule has 0 unspecified atom stereocenters. The Hall–Kier alpha value is -4.68. The maximum atomic E-state index is 13.3. The van der Waals surface area contributed by atoms with Crippen molar-refractivity contribution in [2.24, 2.45) is 0 Å². The van der Waals surface area contributed by atoms with E-state index in [1.807, 2.05) is 30.3 Å². The van der Waals surface area contributed by atoms with Crippen LogP contribution in [0, 0.1) is 0 Å². The summed E-state index contributed by atoms with van der Waals surface area (Å²) in [5.41, 5.74) is 0.850. The summed E-state index contributed by atoms with van der Waals surface area (Å²) in [6.07, 6.45) is -2.59. The molecule has 2 aromatic rings. The number of amides is 4. The Labute approximate surface area is 250 Å². The molecule has 3 atom stereocenters. The zero-order valence-corrected chi connectivity index (χ0v) is 25.0. The molecule has 2 N–H and O–H groups in total. The normalized spacial score (nSPS) is 19.7. The van der Waals surface area contributed by atoms with Crippen LogP contribution in [0.1, 0.15) is 31.9 Å². The van der Waals surface area contributed by atoms with E-state index in [1.54, 1.807) is 51.0 Å². The Morgan fingerprint density at radius 1 is 1.02 bits per heavy atom. The van der Waals surface area contributed by atoms with E-state index in [9.17, 15) is 19.2 Å². The zero-order valence-electron chi connectivity index (χ0n) is 25.0. The summed E-state index contributed by atoms with van der Waals surface area (Å²) in [6, 6.07) is 12.9. The lowest BCUT2D eigenvalue weighted by Gasteiger charge is -2.48. The van der Waals surface area contributed by atoms with E-state index in [1.165, 1.54) is 12.0 Å². The maximum Gasteiger partial charge on any atom is 0.410 e. The summed E-state index contributed by atoms with van der Waals surface area (Å²) >= 11 is 0. The number of alkyl carbamates (subject to hydrolysis) is 2. The fourth-order valence-corrected chi connectivity index (χ4v) is 4.79. The van der Waals surface area contributed by atoms with Gasteiger partial charge in [-0.15, -0.1) is 0 Å². The van der Waals surface area contributed by atoms with Crippen molar-refractivity contribution < 1.29 is 42.9 Å². The number of carbonyl (C=O) groups excluding carboxylic acids is 4. The summed E-state index contributed by atoms with van der Waals surface area (Å²) in [6.45, 7) is 5.76. The number of nitrogens with zero attached hydrogens (tertiary/aromatic N) is 2. The summed E-state index contributed by atoms with van der Waals surface area (Å²) in [7, 11) is 3.06. The SMILES string of the molecule is COc1ccc(CN2C(=O)[C@@H](NC(=O)OCc3ccccc3)[C@H]2CN2C[C@@H](CNC(=O)OC(C)(C)C)OC2=O)c(OC)c1. The lowest BCUT2D eigenvalue weighted by atomic mass is 9.93. The summed E-state index contributed by atoms with van der Waals surface area (Å²) in [5, 5.41) is 5.26. The Balaban J connectivity index is 1.43. The number of likely N-dealkylation sites (tertiary alicyclic amines) is 1. The third kappa shape index (κ3) is 8.21. The molecule has 2 fully saturated rings. The minimum atomic E-state index is -0.931. The average Bonchev–Trinajstić information content (AvgIpc) is 3.34. The number of carbonyl (C=O) groups is 4. The van der Waals surface area contributed by atoms with Gasteiger partial charge in [-0.1, -0.05) is 30.3 Å². The van der Waals surface area contributed by atoms with Gasteiger partial charge in [0.05, 0.1) is 33.4 Å². The fraction of sp³-hybridized carbons (Fsp3) is 0.467. The molecule has 0 spiro atoms. The van der Waals surface area contributed by atoms with Gasteiger partial charge in [-0.25, -0.2) is 14.4 Å². The van der Waals surface area contributed by atoms with Crippen LogP contribution in [-0.2, 0) is 32.2 Å². The summed E-state index contributed by atoms with van der Waals surface area (Å²) in [5.74, 6) is 0.785. The van der Waals surface area contributed by atoms with Crippen LogP contribution in [-0.4, -0.2) is 91.6 Å². The smallest absolute Gasteiger partial charge is 0.410 e. The van der Waals surface area contributed by atoms with Crippen molar-refractivity contribution >= 4 is 24.2 Å². The first-order valence-corrected chi connectivity index (χ1v) is 13.9. The van der Waals surface area contributed by atoms with E-state index in [2.05, 4.69) is 10.6 Å². The predicted molar refractivity (Wildman–Crippen MR) is 154 cm³/mol. The quantitative estimate of drug-likeness (QED) is 0.294. The van der Waals surface area contributed by atoms with Gasteiger partial charge in [-0.2, -0.15) is 0 Å². The molecule has 4 amide bonds. The van der Waals surface area contributed by atoms with Crippen LogP contribution >= 0.6 is 0 Å². The third-order valence-electron chi connectivity index (χ3n) is 6.89. The maximum absolute atomic E-state index is 13.3. The molecule has 232 valence electrons. The Bertz CT molecular complexity index is 1310. The molecule has 4 rings (SSSR count). The number of benzene rings is 2. The van der Waals surface area contributed by atoms with Gasteiger partial charge in [-0.05, 0) is 38.5 Å². The van der Waals surface area contributed by atoms with Gasteiger partial charge >= 0.3 is 18.3 Å². The number of cyclic esters (lactones) is 1. The minimum absolute atomic E-state index is 0.0375. The molecule has 2 aliphatic heterocycles. The van der Waals surface area contributed by atoms with Crippen molar-refractivity contribution in [1.29, 1.82) is 0 Å². The van der Waals surface area contributed by atoms with E-state index in [0.29, 0.717) is 11.5 Å². The molecule has 0 aliphatic carbocycles. The average molecular weight is 599 g/mol. The number of ether oxygens (including phenoxy) is 5. The highest BCUT2D eigenvalue weighted by Crippen LogP contribution is 2.31. The Morgan fingerprint density at radius 3 is 2.44 bits per heavy atom. The first-order chi connectivity index (χ1) is 20.5. The van der Waals surface area contributed by atoms with Crippen LogP contribution < -0.4 is 20.1 Å². The number of hydrogen-bond donors (Lipinski definition) is 2. The molecule has 2 aromatic carbocycles. The highest BCUT2D eigenvalue weighted by molar-refractivity contribution is 5.92. The molecule has 13 heteroatoms. The van der Waals surface area contributed by atoms with Gasteiger partial charge < -0.3 is 44.1 Å². The lowest BCUT2D eigenvalue weighted by Crippen LogP contribution is -2.72. The lowest BCUT2D eigenvalue weighted by molar-refractivity contribution is -0.152. The summed E-state index contributed by atoms with van der Waals surface area (Å²) in [4.78, 5) is 53.8. The number of hydrogen-bond acceptors (Lipinski definition) is 9. The predicted octanol–water partition coefficient (Wildman–Crippen LogP) is 3.06. The van der Waals surface area contributed by atoms with Gasteiger partial charge in [0.25, 0.3) is 0 Å². The number of methoxy groups -OCH3 is 2. The first-order valence-electron chi connectivity index (χ1n) is 13.9. The van der Waals surface area contributed by atoms with Crippen LogP contribution in [0.15, 0.2) is 48.5 Å². The van der Waals surface area contributed by atoms with E-state index >= 15 is 0 Å². The van der Waals surface area contributed by atoms with Crippen LogP contribution in [0.2, 0.25) is 0 Å². The molecule has 0 aromatic heterocycles. The van der Waals surface area contributed by atoms with Crippen LogP contribution in [0.3, 0.4) is 0 Å². The van der Waals surface area contributed by atoms with Gasteiger partial charge in [0.15, 0.2) is 0 Å². The van der Waals surface area contributed by atoms with E-state index in [0.717, 1.165) is 11.1 Å². The second kappa shape index (κ2) is 13.5. The second-order valence-corrected chi connectivity index (χ2v) is 11.2. The number of β-lactam (4-membered cyclic amide) rings is 1. The standard InChI is InChI=1S/C30H38N4O9/c1-30(2,3)43-27(36)31-14-22-16-33(29(38)42-22)17-23-25(32-28(37)41-18-19-9-7-6-8-10-19)26(35)34(23)15-20-11-12-21(39-4)13-24(20)40-5/h6-13,22-23,25H,14-18H2,1-5H3,(H,31,36)(H,32,37)/t22-,23-,25+/m1/s1. The molecule has 43 heavy (non-hydrogen) atoms. The van der Waals surface area contributed by atoms with Gasteiger partial charge in [0.2, 0.25) is 5.91 Å². The van der Waals surface area contributed by atoms with Crippen LogP contribution in [0.25, 0.3) is 0 Å². The van der Waals surface area contributed by atoms with Gasteiger partial charge in [0, 0.05) is 24.7 Å². The first kappa shape index (κ1) is 31.3. The second-order valence-electron chi connectivity index (χ2n) is 11.2. The van der Waals surface area contributed by atoms with Gasteiger partial charge in [-0.3, -0.25) is 4.79 Å². The largest absolute Gasteiger partial charge is 0.497 e. The Morgan fingerprint density at radius 2 is 1.77 bits per heavy atom. The number of nitrogens with one attached hydrogen (secondary N) is 2. The van der Waals surface area contributed by atoms with E-state index in [-0.39, 0.29) is 38.7 Å². The number of rotatable bonds is 11. The molecule has 0 saturated carbocycles. The van der Waals surface area contributed by atoms with Crippen molar-refractivity contribution in [2.75, 3.05) is 33.9 Å². The van der Waals surface area contributed by atoms with E-state index < -0.39 is 42.1 Å². The highest BCUT2D eigenvalue weighted by Gasteiger charge is 2.50.